The first kappa shape index (κ1) is 19.3. The third-order valence-electron chi connectivity index (χ3n) is 4.31. The molecule has 3 aromatic carbocycles. The summed E-state index contributed by atoms with van der Waals surface area (Å²) >= 11 is 0. The number of nitrogens with one attached hydrogen (secondary N) is 1. The molecule has 0 spiro atoms. The molecular formula is C24H18FN3O2. The van der Waals surface area contributed by atoms with Gasteiger partial charge >= 0.3 is 0 Å². The van der Waals surface area contributed by atoms with Gasteiger partial charge in [-0.15, -0.1) is 0 Å². The average Bonchev–Trinajstić information content (AvgIpc) is 2.78. The quantitative estimate of drug-likeness (QED) is 0.469. The number of amides is 1. The molecule has 0 aliphatic heterocycles. The third kappa shape index (κ3) is 5.05. The number of aromatic nitrogens is 2. The summed E-state index contributed by atoms with van der Waals surface area (Å²) in [7, 11) is 0. The molecule has 5 nitrogen and oxygen atoms in total. The van der Waals surface area contributed by atoms with Crippen LogP contribution in [0.2, 0.25) is 0 Å². The number of halogens is 1. The molecular weight excluding hydrogens is 381 g/mol. The number of fused-ring (bicyclic) bond motifs is 1. The van der Waals surface area contributed by atoms with Crippen LogP contribution < -0.4 is 10.1 Å². The first-order valence-corrected chi connectivity index (χ1v) is 9.36. The van der Waals surface area contributed by atoms with E-state index in [-0.39, 0.29) is 11.7 Å². The van der Waals surface area contributed by atoms with Crippen LogP contribution in [0.15, 0.2) is 85.1 Å². The molecule has 1 amide bonds. The second-order valence-corrected chi connectivity index (χ2v) is 6.53. The van der Waals surface area contributed by atoms with E-state index in [0.717, 1.165) is 16.6 Å². The van der Waals surface area contributed by atoms with Crippen molar-refractivity contribution >= 4 is 23.0 Å². The van der Waals surface area contributed by atoms with E-state index in [1.165, 1.54) is 18.2 Å². The van der Waals surface area contributed by atoms with Crippen molar-refractivity contribution in [2.24, 2.45) is 0 Å². The monoisotopic (exact) mass is 399 g/mol. The molecule has 0 atom stereocenters. The summed E-state index contributed by atoms with van der Waals surface area (Å²) in [6.07, 6.45) is 4.70. The Labute approximate surface area is 172 Å². The van der Waals surface area contributed by atoms with Gasteiger partial charge in [-0.3, -0.25) is 9.78 Å². The van der Waals surface area contributed by atoms with Crippen molar-refractivity contribution in [1.29, 1.82) is 0 Å². The van der Waals surface area contributed by atoms with Crippen LogP contribution in [0.5, 0.6) is 11.5 Å². The maximum atomic E-state index is 12.9. The van der Waals surface area contributed by atoms with Gasteiger partial charge in [-0.1, -0.05) is 24.3 Å². The normalized spacial score (nSPS) is 11.0. The van der Waals surface area contributed by atoms with Crippen molar-refractivity contribution in [2.75, 3.05) is 0 Å². The van der Waals surface area contributed by atoms with Crippen LogP contribution >= 0.6 is 0 Å². The van der Waals surface area contributed by atoms with E-state index in [1.807, 2.05) is 36.4 Å². The second-order valence-electron chi connectivity index (χ2n) is 6.53. The molecule has 0 saturated carbocycles. The lowest BCUT2D eigenvalue weighted by atomic mass is 10.2. The number of carbonyl (C=O) groups excluding carboxylic acids is 1. The molecule has 1 N–H and O–H groups in total. The molecule has 4 rings (SSSR count). The molecule has 0 fully saturated rings. The summed E-state index contributed by atoms with van der Waals surface area (Å²) in [5.41, 5.74) is 3.13. The molecule has 0 radical (unpaired) electrons. The minimum Gasteiger partial charge on any atom is -0.457 e. The third-order valence-corrected chi connectivity index (χ3v) is 4.31. The zero-order chi connectivity index (χ0) is 20.8. The fourth-order valence-electron chi connectivity index (χ4n) is 2.78. The van der Waals surface area contributed by atoms with Gasteiger partial charge in [0.15, 0.2) is 0 Å². The molecule has 148 valence electrons. The van der Waals surface area contributed by atoms with Gasteiger partial charge in [-0.2, -0.15) is 0 Å². The minimum absolute atomic E-state index is 0.225. The van der Waals surface area contributed by atoms with Gasteiger partial charge in [0.2, 0.25) is 5.91 Å². The lowest BCUT2D eigenvalue weighted by Gasteiger charge is -2.07. The lowest BCUT2D eigenvalue weighted by Crippen LogP contribution is -2.20. The maximum absolute atomic E-state index is 12.9. The smallest absolute Gasteiger partial charge is 0.244 e. The van der Waals surface area contributed by atoms with Crippen molar-refractivity contribution < 1.29 is 13.9 Å². The van der Waals surface area contributed by atoms with E-state index in [0.29, 0.717) is 23.7 Å². The average molecular weight is 399 g/mol. The van der Waals surface area contributed by atoms with Crippen molar-refractivity contribution in [3.05, 3.63) is 102 Å². The van der Waals surface area contributed by atoms with Crippen molar-refractivity contribution in [3.8, 4) is 11.5 Å². The van der Waals surface area contributed by atoms with E-state index in [9.17, 15) is 9.18 Å². The first-order chi connectivity index (χ1) is 14.7. The molecule has 0 aliphatic rings. The predicted molar refractivity (Wildman–Crippen MR) is 113 cm³/mol. The van der Waals surface area contributed by atoms with Crippen LogP contribution in [-0.2, 0) is 11.3 Å². The number of rotatable bonds is 6. The van der Waals surface area contributed by atoms with Crippen LogP contribution in [-0.4, -0.2) is 15.9 Å². The highest BCUT2D eigenvalue weighted by Crippen LogP contribution is 2.21. The highest BCUT2D eigenvalue weighted by molar-refractivity contribution is 5.91. The van der Waals surface area contributed by atoms with Gasteiger partial charge in [-0.05, 0) is 60.2 Å². The topological polar surface area (TPSA) is 64.1 Å². The van der Waals surface area contributed by atoms with Gasteiger partial charge < -0.3 is 10.1 Å². The number of carbonyl (C=O) groups is 1. The summed E-state index contributed by atoms with van der Waals surface area (Å²) in [5.74, 6) is 0.651. The number of nitrogens with zero attached hydrogens (tertiary/aromatic N) is 2. The van der Waals surface area contributed by atoms with Gasteiger partial charge in [0.1, 0.15) is 17.3 Å². The van der Waals surface area contributed by atoms with E-state index < -0.39 is 0 Å². The summed E-state index contributed by atoms with van der Waals surface area (Å²) in [5, 5.41) is 2.83. The Morgan fingerprint density at radius 1 is 0.933 bits per heavy atom. The van der Waals surface area contributed by atoms with E-state index in [4.69, 9.17) is 4.74 Å². The minimum atomic E-state index is -0.310. The summed E-state index contributed by atoms with van der Waals surface area (Å²) in [4.78, 5) is 20.9. The molecule has 4 aromatic rings. The number of ether oxygens (including phenoxy) is 1. The van der Waals surface area contributed by atoms with Crippen molar-refractivity contribution in [3.63, 3.8) is 0 Å². The Morgan fingerprint density at radius 3 is 2.33 bits per heavy atom. The van der Waals surface area contributed by atoms with Crippen LogP contribution in [0.4, 0.5) is 4.39 Å². The second kappa shape index (κ2) is 8.96. The Hall–Kier alpha value is -4.06. The number of para-hydroxylation sites is 2. The molecule has 0 saturated heterocycles. The van der Waals surface area contributed by atoms with E-state index in [2.05, 4.69) is 15.3 Å². The molecule has 1 heterocycles. The van der Waals surface area contributed by atoms with Crippen molar-refractivity contribution in [1.82, 2.24) is 15.3 Å². The van der Waals surface area contributed by atoms with Gasteiger partial charge in [0, 0.05) is 12.6 Å². The summed E-state index contributed by atoms with van der Waals surface area (Å²) < 4.78 is 18.6. The molecule has 30 heavy (non-hydrogen) atoms. The van der Waals surface area contributed by atoms with Gasteiger partial charge in [0.25, 0.3) is 0 Å². The largest absolute Gasteiger partial charge is 0.457 e. The Morgan fingerprint density at radius 2 is 1.60 bits per heavy atom. The summed E-state index contributed by atoms with van der Waals surface area (Å²) in [6, 6.07) is 20.7. The number of benzene rings is 3. The van der Waals surface area contributed by atoms with Crippen LogP contribution in [0.25, 0.3) is 17.1 Å². The first-order valence-electron chi connectivity index (χ1n) is 9.36. The number of hydrogen-bond acceptors (Lipinski definition) is 4. The molecule has 1 aromatic heterocycles. The molecule has 0 bridgehead atoms. The van der Waals surface area contributed by atoms with E-state index >= 15 is 0 Å². The maximum Gasteiger partial charge on any atom is 0.244 e. The standard InChI is InChI=1S/C24H18FN3O2/c25-18-7-12-21(13-8-18)30-20-10-5-17(6-11-20)15-27-24(29)14-9-19-16-26-22-3-1-2-4-23(22)28-19/h1-14,16H,15H2,(H,27,29)/b14-9+. The fraction of sp³-hybridized carbons (Fsp3) is 0.0417. The lowest BCUT2D eigenvalue weighted by molar-refractivity contribution is -0.116. The molecule has 0 aliphatic carbocycles. The van der Waals surface area contributed by atoms with E-state index in [1.54, 1.807) is 36.5 Å². The van der Waals surface area contributed by atoms with Crippen LogP contribution in [0, 0.1) is 5.82 Å². The van der Waals surface area contributed by atoms with Gasteiger partial charge in [-0.25, -0.2) is 9.37 Å². The van der Waals surface area contributed by atoms with Crippen LogP contribution in [0.1, 0.15) is 11.3 Å². The Balaban J connectivity index is 1.30. The summed E-state index contributed by atoms with van der Waals surface area (Å²) in [6.45, 7) is 0.378. The zero-order valence-electron chi connectivity index (χ0n) is 16.0. The zero-order valence-corrected chi connectivity index (χ0v) is 16.0. The highest BCUT2D eigenvalue weighted by atomic mass is 19.1. The predicted octanol–water partition coefficient (Wildman–Crippen LogP) is 4.89. The Kier molecular flexibility index (Phi) is 5.75. The highest BCUT2D eigenvalue weighted by Gasteiger charge is 2.01. The van der Waals surface area contributed by atoms with Crippen LogP contribution in [0.3, 0.4) is 0 Å². The Bertz CT molecular complexity index is 1190. The SMILES string of the molecule is O=C(/C=C/c1cnc2ccccc2n1)NCc1ccc(Oc2ccc(F)cc2)cc1. The molecule has 0 unspecified atom stereocenters. The number of hydrogen-bond donors (Lipinski definition) is 1. The fourth-order valence-corrected chi connectivity index (χ4v) is 2.78. The van der Waals surface area contributed by atoms with Gasteiger partial charge in [0.05, 0.1) is 22.9 Å². The molecule has 6 heteroatoms. The van der Waals surface area contributed by atoms with Crippen molar-refractivity contribution in [2.45, 2.75) is 6.54 Å².